The van der Waals surface area contributed by atoms with Crippen LogP contribution in [0.2, 0.25) is 0 Å². The highest BCUT2D eigenvalue weighted by atomic mass is 79.9. The van der Waals surface area contributed by atoms with Crippen molar-refractivity contribution in [2.45, 2.75) is 13.8 Å². The maximum absolute atomic E-state index is 11.9. The van der Waals surface area contributed by atoms with Crippen LogP contribution in [0.25, 0.3) is 0 Å². The maximum atomic E-state index is 11.9. The van der Waals surface area contributed by atoms with E-state index in [1.807, 2.05) is 38.1 Å². The van der Waals surface area contributed by atoms with Crippen molar-refractivity contribution in [1.29, 1.82) is 0 Å². The van der Waals surface area contributed by atoms with E-state index in [0.717, 1.165) is 15.6 Å². The maximum Gasteiger partial charge on any atom is 0.262 e. The number of nitrogens with one attached hydrogen (secondary N) is 1. The van der Waals surface area contributed by atoms with Gasteiger partial charge >= 0.3 is 0 Å². The number of hydrogen-bond acceptors (Lipinski definition) is 3. The second-order valence-electron chi connectivity index (χ2n) is 4.77. The number of carbonyl (C=O) groups excluding carboxylic acids is 1. The number of nitrogen functional groups attached to an aromatic ring is 1. The smallest absolute Gasteiger partial charge is 0.262 e. The van der Waals surface area contributed by atoms with Crippen molar-refractivity contribution in [3.63, 3.8) is 0 Å². The zero-order valence-corrected chi connectivity index (χ0v) is 13.5. The summed E-state index contributed by atoms with van der Waals surface area (Å²) in [7, 11) is 0. The molecule has 2 rings (SSSR count). The Bertz CT molecular complexity index is 671. The third-order valence-corrected chi connectivity index (χ3v) is 4.04. The van der Waals surface area contributed by atoms with Gasteiger partial charge in [-0.2, -0.15) is 0 Å². The number of halogens is 1. The molecule has 0 unspecified atom stereocenters. The van der Waals surface area contributed by atoms with Crippen LogP contribution in [0, 0.1) is 13.8 Å². The minimum Gasteiger partial charge on any atom is -0.484 e. The summed E-state index contributed by atoms with van der Waals surface area (Å²) >= 11 is 3.42. The topological polar surface area (TPSA) is 64.3 Å². The van der Waals surface area contributed by atoms with Crippen molar-refractivity contribution >= 4 is 33.2 Å². The summed E-state index contributed by atoms with van der Waals surface area (Å²) in [4.78, 5) is 11.9. The van der Waals surface area contributed by atoms with Crippen LogP contribution in [-0.2, 0) is 4.79 Å². The summed E-state index contributed by atoms with van der Waals surface area (Å²) in [6, 6.07) is 11.0. The first-order chi connectivity index (χ1) is 9.97. The van der Waals surface area contributed by atoms with Gasteiger partial charge < -0.3 is 15.8 Å². The minimum absolute atomic E-state index is 0.0463. The molecule has 1 amide bonds. The highest BCUT2D eigenvalue weighted by Gasteiger charge is 2.07. The van der Waals surface area contributed by atoms with Crippen molar-refractivity contribution < 1.29 is 9.53 Å². The highest BCUT2D eigenvalue weighted by Crippen LogP contribution is 2.22. The van der Waals surface area contributed by atoms with Gasteiger partial charge in [0.15, 0.2) is 6.61 Å². The zero-order valence-electron chi connectivity index (χ0n) is 11.9. The van der Waals surface area contributed by atoms with Crippen molar-refractivity contribution in [3.8, 4) is 5.75 Å². The Hall–Kier alpha value is -2.01. The van der Waals surface area contributed by atoms with Gasteiger partial charge in [0, 0.05) is 15.8 Å². The van der Waals surface area contributed by atoms with E-state index in [4.69, 9.17) is 10.5 Å². The van der Waals surface area contributed by atoms with Crippen molar-refractivity contribution in [3.05, 3.63) is 52.0 Å². The second kappa shape index (κ2) is 6.63. The van der Waals surface area contributed by atoms with E-state index in [-0.39, 0.29) is 12.5 Å². The lowest BCUT2D eigenvalue weighted by Gasteiger charge is -2.11. The average molecular weight is 349 g/mol. The van der Waals surface area contributed by atoms with Crippen molar-refractivity contribution in [2.24, 2.45) is 0 Å². The summed E-state index contributed by atoms with van der Waals surface area (Å²) in [6.07, 6.45) is 0. The molecule has 0 atom stereocenters. The van der Waals surface area contributed by atoms with Crippen LogP contribution in [0.4, 0.5) is 11.4 Å². The van der Waals surface area contributed by atoms with Gasteiger partial charge in [0.05, 0.1) is 0 Å². The minimum atomic E-state index is -0.218. The number of ether oxygens (including phenoxy) is 1. The number of hydrogen-bond donors (Lipinski definition) is 2. The monoisotopic (exact) mass is 348 g/mol. The average Bonchev–Trinajstić information content (AvgIpc) is 2.45. The Balaban J connectivity index is 1.96. The van der Waals surface area contributed by atoms with Crippen LogP contribution in [0.15, 0.2) is 40.9 Å². The van der Waals surface area contributed by atoms with Gasteiger partial charge in [-0.3, -0.25) is 4.79 Å². The van der Waals surface area contributed by atoms with Crippen molar-refractivity contribution in [1.82, 2.24) is 0 Å². The van der Waals surface area contributed by atoms with Crippen LogP contribution in [-0.4, -0.2) is 12.5 Å². The summed E-state index contributed by atoms with van der Waals surface area (Å²) < 4.78 is 6.49. The number of carbonyl (C=O) groups is 1. The van der Waals surface area contributed by atoms with Gasteiger partial charge in [0.2, 0.25) is 0 Å². The molecule has 5 heteroatoms. The number of nitrogens with two attached hydrogens (primary N) is 1. The van der Waals surface area contributed by atoms with Crippen LogP contribution >= 0.6 is 15.9 Å². The fourth-order valence-electron chi connectivity index (χ4n) is 1.83. The molecule has 3 N–H and O–H groups in total. The standard InChI is InChI=1S/C16H17BrN2O2/c1-10-8-12(6-7-13(10)17)21-9-16(20)19-15-5-3-4-14(18)11(15)2/h3-8H,9,18H2,1-2H3,(H,19,20). The third-order valence-electron chi connectivity index (χ3n) is 3.15. The molecule has 0 aromatic heterocycles. The molecule has 0 heterocycles. The van der Waals surface area contributed by atoms with Gasteiger partial charge in [0.25, 0.3) is 5.91 Å². The molecule has 110 valence electrons. The van der Waals surface area contributed by atoms with E-state index in [0.29, 0.717) is 17.1 Å². The molecule has 0 saturated carbocycles. The zero-order chi connectivity index (χ0) is 15.4. The largest absolute Gasteiger partial charge is 0.484 e. The predicted octanol–water partition coefficient (Wildman–Crippen LogP) is 3.67. The normalized spacial score (nSPS) is 10.2. The Labute approximate surface area is 132 Å². The molecular weight excluding hydrogens is 332 g/mol. The lowest BCUT2D eigenvalue weighted by Crippen LogP contribution is -2.20. The third kappa shape index (κ3) is 3.98. The number of amides is 1. The van der Waals surface area contributed by atoms with Crippen LogP contribution in [0.5, 0.6) is 5.75 Å². The lowest BCUT2D eigenvalue weighted by atomic mass is 10.1. The first-order valence-electron chi connectivity index (χ1n) is 6.51. The molecular formula is C16H17BrN2O2. The number of benzene rings is 2. The van der Waals surface area contributed by atoms with E-state index < -0.39 is 0 Å². The molecule has 0 aliphatic heterocycles. The Morgan fingerprint density at radius 2 is 2.05 bits per heavy atom. The van der Waals surface area contributed by atoms with E-state index in [1.54, 1.807) is 12.1 Å². The molecule has 0 saturated heterocycles. The van der Waals surface area contributed by atoms with Gasteiger partial charge in [-0.25, -0.2) is 0 Å². The highest BCUT2D eigenvalue weighted by molar-refractivity contribution is 9.10. The SMILES string of the molecule is Cc1cc(OCC(=O)Nc2cccc(N)c2C)ccc1Br. The molecule has 2 aromatic carbocycles. The predicted molar refractivity (Wildman–Crippen MR) is 88.6 cm³/mol. The first kappa shape index (κ1) is 15.4. The molecule has 0 spiro atoms. The van der Waals surface area contributed by atoms with Gasteiger partial charge in [-0.05, 0) is 55.3 Å². The summed E-state index contributed by atoms with van der Waals surface area (Å²) in [6.45, 7) is 3.78. The Kier molecular flexibility index (Phi) is 4.85. The fraction of sp³-hybridized carbons (Fsp3) is 0.188. The Morgan fingerprint density at radius 1 is 1.29 bits per heavy atom. The summed E-state index contributed by atoms with van der Waals surface area (Å²) in [5, 5.41) is 2.79. The van der Waals surface area contributed by atoms with Crippen LogP contribution in [0.3, 0.4) is 0 Å². The van der Waals surface area contributed by atoms with E-state index in [9.17, 15) is 4.79 Å². The summed E-state index contributed by atoms with van der Waals surface area (Å²) in [5.74, 6) is 0.444. The molecule has 0 aliphatic rings. The quantitative estimate of drug-likeness (QED) is 0.828. The van der Waals surface area contributed by atoms with E-state index in [2.05, 4.69) is 21.2 Å². The molecule has 4 nitrogen and oxygen atoms in total. The van der Waals surface area contributed by atoms with Gasteiger partial charge in [-0.15, -0.1) is 0 Å². The first-order valence-corrected chi connectivity index (χ1v) is 7.30. The second-order valence-corrected chi connectivity index (χ2v) is 5.62. The molecule has 0 bridgehead atoms. The lowest BCUT2D eigenvalue weighted by molar-refractivity contribution is -0.118. The van der Waals surface area contributed by atoms with Gasteiger partial charge in [0.1, 0.15) is 5.75 Å². The van der Waals surface area contributed by atoms with E-state index >= 15 is 0 Å². The molecule has 0 fully saturated rings. The molecule has 0 radical (unpaired) electrons. The molecule has 2 aromatic rings. The number of aryl methyl sites for hydroxylation is 1. The van der Waals surface area contributed by atoms with Gasteiger partial charge in [-0.1, -0.05) is 22.0 Å². The Morgan fingerprint density at radius 3 is 2.76 bits per heavy atom. The molecule has 0 aliphatic carbocycles. The number of anilines is 2. The van der Waals surface area contributed by atoms with Crippen molar-refractivity contribution in [2.75, 3.05) is 17.7 Å². The van der Waals surface area contributed by atoms with Crippen LogP contribution < -0.4 is 15.8 Å². The number of rotatable bonds is 4. The molecule has 21 heavy (non-hydrogen) atoms. The van der Waals surface area contributed by atoms with E-state index in [1.165, 1.54) is 0 Å². The fourth-order valence-corrected chi connectivity index (χ4v) is 2.08. The summed E-state index contributed by atoms with van der Waals surface area (Å²) in [5.41, 5.74) is 9.07. The van der Waals surface area contributed by atoms with Crippen LogP contribution in [0.1, 0.15) is 11.1 Å².